The van der Waals surface area contributed by atoms with Gasteiger partial charge in [-0.3, -0.25) is 4.79 Å². The van der Waals surface area contributed by atoms with Gasteiger partial charge in [0.15, 0.2) is 0 Å². The maximum absolute atomic E-state index is 11.8. The van der Waals surface area contributed by atoms with Crippen molar-refractivity contribution in [3.8, 4) is 5.88 Å². The van der Waals surface area contributed by atoms with Crippen LogP contribution in [-0.4, -0.2) is 17.3 Å². The molecule has 15 heavy (non-hydrogen) atoms. The molecule has 1 aromatic heterocycles. The molecule has 4 nitrogen and oxygen atoms in total. The lowest BCUT2D eigenvalue weighted by atomic mass is 10.2. The van der Waals surface area contributed by atoms with Gasteiger partial charge in [-0.1, -0.05) is 11.6 Å². The summed E-state index contributed by atoms with van der Waals surface area (Å²) in [4.78, 5) is 13.9. The number of carbonyl (C=O) groups is 1. The molecule has 0 fully saturated rings. The zero-order chi connectivity index (χ0) is 11.6. The molecule has 0 unspecified atom stereocenters. The molecule has 0 aliphatic rings. The number of aromatic nitrogens is 1. The summed E-state index contributed by atoms with van der Waals surface area (Å²) in [6, 6.07) is 0.942. The molecule has 2 N–H and O–H groups in total. The molecule has 0 aromatic carbocycles. The third kappa shape index (κ3) is 3.28. The summed E-state index contributed by atoms with van der Waals surface area (Å²) in [5.41, 5.74) is 4.29. The van der Waals surface area contributed by atoms with E-state index < -0.39 is 23.7 Å². The van der Waals surface area contributed by atoms with Crippen molar-refractivity contribution in [1.29, 1.82) is 0 Å². The predicted molar refractivity (Wildman–Crippen MR) is 44.4 cm³/mol. The molecule has 1 rings (SSSR count). The summed E-state index contributed by atoms with van der Waals surface area (Å²) >= 11 is 5.43. The van der Waals surface area contributed by atoms with E-state index in [9.17, 15) is 18.0 Å². The van der Waals surface area contributed by atoms with Gasteiger partial charge < -0.3 is 10.5 Å². The van der Waals surface area contributed by atoms with Crippen molar-refractivity contribution >= 4 is 17.5 Å². The average Bonchev–Trinajstić information content (AvgIpc) is 2.05. The topological polar surface area (TPSA) is 65.2 Å². The van der Waals surface area contributed by atoms with Crippen LogP contribution >= 0.6 is 11.6 Å². The van der Waals surface area contributed by atoms with Crippen molar-refractivity contribution < 1.29 is 22.7 Å². The fourth-order valence-corrected chi connectivity index (χ4v) is 0.952. The van der Waals surface area contributed by atoms with Crippen molar-refractivity contribution in [2.75, 3.05) is 0 Å². The van der Waals surface area contributed by atoms with Gasteiger partial charge in [-0.2, -0.15) is 0 Å². The van der Waals surface area contributed by atoms with Gasteiger partial charge in [0.05, 0.1) is 5.02 Å². The van der Waals surface area contributed by atoms with Crippen LogP contribution in [0.15, 0.2) is 12.3 Å². The van der Waals surface area contributed by atoms with E-state index in [4.69, 9.17) is 17.3 Å². The van der Waals surface area contributed by atoms with Crippen molar-refractivity contribution in [3.05, 3.63) is 22.8 Å². The van der Waals surface area contributed by atoms with E-state index in [-0.39, 0.29) is 5.02 Å². The van der Waals surface area contributed by atoms with Crippen LogP contribution in [-0.2, 0) is 0 Å². The Bertz CT molecular complexity index is 394. The Morgan fingerprint density at radius 2 is 2.13 bits per heavy atom. The number of hydrogen-bond donors (Lipinski definition) is 1. The van der Waals surface area contributed by atoms with Crippen LogP contribution in [0.3, 0.4) is 0 Å². The molecule has 1 aromatic rings. The molecule has 82 valence electrons. The predicted octanol–water partition coefficient (Wildman–Crippen LogP) is 1.73. The molecule has 0 atom stereocenters. The summed E-state index contributed by atoms with van der Waals surface area (Å²) in [6.45, 7) is 0. The fraction of sp³-hybridized carbons (Fsp3) is 0.143. The number of ether oxygens (including phenoxy) is 1. The van der Waals surface area contributed by atoms with Crippen LogP contribution in [0.5, 0.6) is 5.88 Å². The normalized spacial score (nSPS) is 11.2. The van der Waals surface area contributed by atoms with Gasteiger partial charge in [0.25, 0.3) is 5.91 Å². The van der Waals surface area contributed by atoms with Gasteiger partial charge in [-0.05, 0) is 6.07 Å². The van der Waals surface area contributed by atoms with Crippen LogP contribution in [0, 0.1) is 0 Å². The van der Waals surface area contributed by atoms with Crippen LogP contribution in [0.1, 0.15) is 10.4 Å². The minimum atomic E-state index is -4.94. The minimum Gasteiger partial charge on any atom is -0.387 e. The highest BCUT2D eigenvalue weighted by Crippen LogP contribution is 2.25. The second-order valence-electron chi connectivity index (χ2n) is 2.42. The molecule has 0 saturated carbocycles. The zero-order valence-electron chi connectivity index (χ0n) is 7.01. The van der Waals surface area contributed by atoms with Crippen molar-refractivity contribution in [1.82, 2.24) is 4.98 Å². The molecule has 0 bridgehead atoms. The molecule has 0 radical (unpaired) electrons. The summed E-state index contributed by atoms with van der Waals surface area (Å²) in [6.07, 6.45) is -4.03. The van der Waals surface area contributed by atoms with Gasteiger partial charge in [0.2, 0.25) is 5.88 Å². The van der Waals surface area contributed by atoms with Gasteiger partial charge in [-0.25, -0.2) is 4.98 Å². The highest BCUT2D eigenvalue weighted by Gasteiger charge is 2.33. The number of hydrogen-bond acceptors (Lipinski definition) is 3. The number of rotatable bonds is 2. The third-order valence-electron chi connectivity index (χ3n) is 1.30. The van der Waals surface area contributed by atoms with Gasteiger partial charge in [0.1, 0.15) is 5.56 Å². The maximum atomic E-state index is 11.8. The first kappa shape index (κ1) is 11.6. The Hall–Kier alpha value is -1.50. The molecule has 0 spiro atoms. The largest absolute Gasteiger partial charge is 0.574 e. The number of carbonyl (C=O) groups excluding carboxylic acids is 1. The standard InChI is InChI=1S/C7H4ClF3N2O2/c8-3-1-4(5(12)14)6(13-2-3)15-7(9,10)11/h1-2H,(H2,12,14). The number of pyridine rings is 1. The smallest absolute Gasteiger partial charge is 0.387 e. The van der Waals surface area contributed by atoms with Crippen LogP contribution in [0.4, 0.5) is 13.2 Å². The van der Waals surface area contributed by atoms with E-state index >= 15 is 0 Å². The Kier molecular flexibility index (Phi) is 3.04. The van der Waals surface area contributed by atoms with Gasteiger partial charge in [0, 0.05) is 6.20 Å². The van der Waals surface area contributed by atoms with E-state index in [2.05, 4.69) is 9.72 Å². The van der Waals surface area contributed by atoms with Crippen LogP contribution < -0.4 is 10.5 Å². The molecular weight excluding hydrogens is 237 g/mol. The number of alkyl halides is 3. The second-order valence-corrected chi connectivity index (χ2v) is 2.85. The average molecular weight is 241 g/mol. The molecule has 8 heteroatoms. The van der Waals surface area contributed by atoms with E-state index in [1.807, 2.05) is 0 Å². The Morgan fingerprint density at radius 1 is 1.53 bits per heavy atom. The summed E-state index contributed by atoms with van der Waals surface area (Å²) < 4.78 is 39.0. The quantitative estimate of drug-likeness (QED) is 0.856. The molecule has 1 amide bonds. The van der Waals surface area contributed by atoms with Crippen molar-refractivity contribution in [3.63, 3.8) is 0 Å². The zero-order valence-corrected chi connectivity index (χ0v) is 7.76. The highest BCUT2D eigenvalue weighted by molar-refractivity contribution is 6.30. The second kappa shape index (κ2) is 3.93. The fourth-order valence-electron chi connectivity index (χ4n) is 0.794. The number of halogens is 4. The van der Waals surface area contributed by atoms with Crippen molar-refractivity contribution in [2.24, 2.45) is 5.73 Å². The van der Waals surface area contributed by atoms with E-state index in [1.54, 1.807) is 0 Å². The first-order valence-corrected chi connectivity index (χ1v) is 3.88. The molecule has 1 heterocycles. The number of primary amides is 1. The summed E-state index contributed by atoms with van der Waals surface area (Å²) in [5.74, 6) is -2.02. The monoisotopic (exact) mass is 240 g/mol. The highest BCUT2D eigenvalue weighted by atomic mass is 35.5. The van der Waals surface area contributed by atoms with Gasteiger partial charge >= 0.3 is 6.36 Å². The third-order valence-corrected chi connectivity index (χ3v) is 1.50. The first-order chi connectivity index (χ1) is 6.79. The molecule has 0 aliphatic carbocycles. The summed E-state index contributed by atoms with van der Waals surface area (Å²) in [7, 11) is 0. The van der Waals surface area contributed by atoms with Crippen LogP contribution in [0.25, 0.3) is 0 Å². The van der Waals surface area contributed by atoms with E-state index in [0.29, 0.717) is 0 Å². The number of nitrogens with zero attached hydrogens (tertiary/aromatic N) is 1. The Morgan fingerprint density at radius 3 is 2.60 bits per heavy atom. The summed E-state index contributed by atoms with van der Waals surface area (Å²) in [5, 5.41) is -0.0154. The maximum Gasteiger partial charge on any atom is 0.574 e. The SMILES string of the molecule is NC(=O)c1cc(Cl)cnc1OC(F)(F)F. The number of amides is 1. The van der Waals surface area contributed by atoms with E-state index in [0.717, 1.165) is 12.3 Å². The van der Waals surface area contributed by atoms with Crippen LogP contribution in [0.2, 0.25) is 5.02 Å². The minimum absolute atomic E-state index is 0.0154. The Balaban J connectivity index is 3.12. The lowest BCUT2D eigenvalue weighted by Crippen LogP contribution is -2.21. The molecule has 0 aliphatic heterocycles. The lowest BCUT2D eigenvalue weighted by Gasteiger charge is -2.10. The van der Waals surface area contributed by atoms with Gasteiger partial charge in [-0.15, -0.1) is 13.2 Å². The van der Waals surface area contributed by atoms with E-state index in [1.165, 1.54) is 0 Å². The Labute approximate surface area is 86.8 Å². The molecular formula is C7H4ClF3N2O2. The first-order valence-electron chi connectivity index (χ1n) is 3.50. The van der Waals surface area contributed by atoms with Crippen molar-refractivity contribution in [2.45, 2.75) is 6.36 Å². The number of nitrogens with two attached hydrogens (primary N) is 1. The lowest BCUT2D eigenvalue weighted by molar-refractivity contribution is -0.276. The molecule has 0 saturated heterocycles.